The van der Waals surface area contributed by atoms with Gasteiger partial charge in [-0.25, -0.2) is 4.98 Å². The van der Waals surface area contributed by atoms with E-state index in [1.807, 2.05) is 32.0 Å². The molecule has 2 aromatic carbocycles. The van der Waals surface area contributed by atoms with Crippen molar-refractivity contribution in [3.05, 3.63) is 76.4 Å². The zero-order valence-electron chi connectivity index (χ0n) is 20.6. The van der Waals surface area contributed by atoms with Crippen LogP contribution in [-0.4, -0.2) is 59.3 Å². The van der Waals surface area contributed by atoms with E-state index in [2.05, 4.69) is 60.2 Å². The van der Waals surface area contributed by atoms with Gasteiger partial charge in [0.15, 0.2) is 5.11 Å². The molecule has 0 aliphatic carbocycles. The number of rotatable bonds is 7. The van der Waals surface area contributed by atoms with Crippen LogP contribution in [0.2, 0.25) is 0 Å². The van der Waals surface area contributed by atoms with Crippen LogP contribution in [0.3, 0.4) is 0 Å². The van der Waals surface area contributed by atoms with Gasteiger partial charge in [-0.3, -0.25) is 14.4 Å². The summed E-state index contributed by atoms with van der Waals surface area (Å²) in [5.74, 6) is 0.881. The number of H-pyrrole nitrogens is 1. The minimum Gasteiger partial charge on any atom is -0.494 e. The number of hydrogen-bond donors (Lipinski definition) is 1. The molecule has 2 aliphatic rings. The maximum absolute atomic E-state index is 13.5. The zero-order valence-corrected chi connectivity index (χ0v) is 23.0. The second-order valence-corrected chi connectivity index (χ2v) is 11.0. The molecule has 1 saturated heterocycles. The smallest absolute Gasteiger partial charge is 0.252 e. The molecule has 2 atom stereocenters. The summed E-state index contributed by atoms with van der Waals surface area (Å²) in [6, 6.07) is 13.9. The predicted octanol–water partition coefficient (Wildman–Crippen LogP) is 4.84. The minimum absolute atomic E-state index is 0.00350. The van der Waals surface area contributed by atoms with Gasteiger partial charge in [0.05, 0.1) is 12.6 Å². The Hall–Kier alpha value is -3.24. The Balaban J connectivity index is 1.32. The van der Waals surface area contributed by atoms with Gasteiger partial charge in [-0.2, -0.15) is 5.10 Å². The molecule has 8 nitrogen and oxygen atoms in total. The van der Waals surface area contributed by atoms with Gasteiger partial charge < -0.3 is 14.6 Å². The van der Waals surface area contributed by atoms with E-state index in [-0.39, 0.29) is 24.0 Å². The number of carbonyl (C=O) groups is 1. The first-order valence-corrected chi connectivity index (χ1v) is 13.6. The lowest BCUT2D eigenvalue weighted by Gasteiger charge is -2.37. The van der Waals surface area contributed by atoms with Crippen molar-refractivity contribution in [2.24, 2.45) is 0 Å². The quantitative estimate of drug-likeness (QED) is 0.249. The lowest BCUT2D eigenvalue weighted by atomic mass is 9.89. The van der Waals surface area contributed by atoms with Crippen LogP contribution in [-0.2, 0) is 17.8 Å². The molecule has 2 unspecified atom stereocenters. The highest BCUT2D eigenvalue weighted by Crippen LogP contribution is 2.45. The van der Waals surface area contributed by atoms with Crippen molar-refractivity contribution < 1.29 is 9.53 Å². The SMILES string of the molecule is CC(C)N1C(=O)C2Cc3c([nH]c4ccc(Br)cc34)C(c3ccc(OCCCn4cncn4)cc3)N2C1=S. The van der Waals surface area contributed by atoms with Crippen LogP contribution in [0.25, 0.3) is 10.9 Å². The molecule has 190 valence electrons. The van der Waals surface area contributed by atoms with Gasteiger partial charge in [0.25, 0.3) is 5.91 Å². The maximum Gasteiger partial charge on any atom is 0.252 e. The number of aromatic nitrogens is 4. The van der Waals surface area contributed by atoms with Crippen molar-refractivity contribution in [3.8, 4) is 5.75 Å². The molecule has 6 rings (SSSR count). The van der Waals surface area contributed by atoms with E-state index in [0.717, 1.165) is 45.3 Å². The van der Waals surface area contributed by atoms with Crippen LogP contribution in [0.15, 0.2) is 59.6 Å². The summed E-state index contributed by atoms with van der Waals surface area (Å²) in [6.07, 6.45) is 4.69. The maximum atomic E-state index is 13.5. The topological polar surface area (TPSA) is 79.3 Å². The van der Waals surface area contributed by atoms with Crippen LogP contribution in [0.5, 0.6) is 5.75 Å². The van der Waals surface area contributed by atoms with E-state index in [4.69, 9.17) is 17.0 Å². The summed E-state index contributed by atoms with van der Waals surface area (Å²) >= 11 is 9.52. The zero-order chi connectivity index (χ0) is 25.7. The van der Waals surface area contributed by atoms with Crippen LogP contribution in [0.4, 0.5) is 0 Å². The number of thiocarbonyl (C=S) groups is 1. The van der Waals surface area contributed by atoms with E-state index in [1.165, 1.54) is 11.9 Å². The third-order valence-corrected chi connectivity index (χ3v) is 8.02. The molecule has 0 bridgehead atoms. The number of halogens is 1. The highest BCUT2D eigenvalue weighted by molar-refractivity contribution is 9.10. The number of aromatic amines is 1. The average Bonchev–Trinajstić information content (AvgIpc) is 3.58. The van der Waals surface area contributed by atoms with Crippen molar-refractivity contribution >= 4 is 50.1 Å². The molecule has 0 radical (unpaired) electrons. The molecule has 4 heterocycles. The van der Waals surface area contributed by atoms with Crippen molar-refractivity contribution in [2.45, 2.75) is 51.4 Å². The van der Waals surface area contributed by atoms with Gasteiger partial charge in [-0.15, -0.1) is 0 Å². The van der Waals surface area contributed by atoms with Crippen LogP contribution in [0, 0.1) is 0 Å². The minimum atomic E-state index is -0.321. The third kappa shape index (κ3) is 4.21. The van der Waals surface area contributed by atoms with E-state index in [9.17, 15) is 4.79 Å². The van der Waals surface area contributed by atoms with Crippen LogP contribution < -0.4 is 4.74 Å². The van der Waals surface area contributed by atoms with Crippen LogP contribution >= 0.6 is 28.1 Å². The number of hydrogen-bond acceptors (Lipinski definition) is 5. The van der Waals surface area contributed by atoms with Gasteiger partial charge in [0, 0.05) is 46.5 Å². The lowest BCUT2D eigenvalue weighted by molar-refractivity contribution is -0.129. The monoisotopic (exact) mass is 578 g/mol. The molecule has 0 spiro atoms. The summed E-state index contributed by atoms with van der Waals surface area (Å²) in [5, 5.41) is 5.85. The van der Waals surface area contributed by atoms with Gasteiger partial charge in [-0.05, 0) is 67.5 Å². The molecular weight excluding hydrogens is 552 g/mol. The Bertz CT molecular complexity index is 1470. The van der Waals surface area contributed by atoms with Crippen molar-refractivity contribution in [3.63, 3.8) is 0 Å². The average molecular weight is 580 g/mol. The fourth-order valence-electron chi connectivity index (χ4n) is 5.45. The number of ether oxygens (including phenoxy) is 1. The summed E-state index contributed by atoms with van der Waals surface area (Å²) in [5.41, 5.74) is 4.39. The summed E-state index contributed by atoms with van der Waals surface area (Å²) < 4.78 is 8.79. The second kappa shape index (κ2) is 9.57. The van der Waals surface area contributed by atoms with Crippen LogP contribution in [0.1, 0.15) is 43.1 Å². The van der Waals surface area contributed by atoms with Crippen molar-refractivity contribution in [1.82, 2.24) is 29.5 Å². The Labute approximate surface area is 228 Å². The van der Waals surface area contributed by atoms with Gasteiger partial charge in [0.1, 0.15) is 24.4 Å². The molecule has 1 fully saturated rings. The van der Waals surface area contributed by atoms with Crippen molar-refractivity contribution in [1.29, 1.82) is 0 Å². The molecule has 0 saturated carbocycles. The van der Waals surface area contributed by atoms with E-state index < -0.39 is 0 Å². The first-order valence-electron chi connectivity index (χ1n) is 12.4. The number of amides is 1. The van der Waals surface area contributed by atoms with Gasteiger partial charge >= 0.3 is 0 Å². The predicted molar refractivity (Wildman–Crippen MR) is 148 cm³/mol. The number of benzene rings is 2. The first-order chi connectivity index (χ1) is 17.9. The summed E-state index contributed by atoms with van der Waals surface area (Å²) in [4.78, 5) is 25.0. The van der Waals surface area contributed by atoms with Crippen molar-refractivity contribution in [2.75, 3.05) is 6.61 Å². The Kier molecular flexibility index (Phi) is 6.24. The number of nitrogens with one attached hydrogen (secondary N) is 1. The molecule has 4 aromatic rings. The third-order valence-electron chi connectivity index (χ3n) is 7.11. The fraction of sp³-hybridized carbons (Fsp3) is 0.333. The highest BCUT2D eigenvalue weighted by atomic mass is 79.9. The molecule has 37 heavy (non-hydrogen) atoms. The van der Waals surface area contributed by atoms with E-state index in [1.54, 1.807) is 15.9 Å². The molecule has 2 aromatic heterocycles. The Morgan fingerprint density at radius 2 is 2.03 bits per heavy atom. The number of aryl methyl sites for hydroxylation is 1. The lowest BCUT2D eigenvalue weighted by Crippen LogP contribution is -2.44. The molecule has 1 amide bonds. The normalized spacial score (nSPS) is 19.1. The summed E-state index contributed by atoms with van der Waals surface area (Å²) in [7, 11) is 0. The summed E-state index contributed by atoms with van der Waals surface area (Å²) in [6.45, 7) is 5.37. The Morgan fingerprint density at radius 3 is 2.76 bits per heavy atom. The molecule has 10 heteroatoms. The highest BCUT2D eigenvalue weighted by Gasteiger charge is 2.51. The fourth-order valence-corrected chi connectivity index (χ4v) is 6.34. The molecule has 2 aliphatic heterocycles. The molecule has 1 N–H and O–H groups in total. The van der Waals surface area contributed by atoms with Gasteiger partial charge in [-0.1, -0.05) is 28.1 Å². The largest absolute Gasteiger partial charge is 0.494 e. The standard InChI is InChI=1S/C27H27BrN6O2S/c1-16(2)33-26(35)23-13-21-20-12-18(28)6-9-22(20)31-24(21)25(34(23)27(33)37)17-4-7-19(8-5-17)36-11-3-10-32-15-29-14-30-32/h4-9,12,14-16,23,25,31H,3,10-11,13H2,1-2H3. The molecular formula is C27H27BrN6O2S. The number of fused-ring (bicyclic) bond motifs is 4. The number of carbonyl (C=O) groups excluding carboxylic acids is 1. The van der Waals surface area contributed by atoms with E-state index in [0.29, 0.717) is 18.1 Å². The second-order valence-electron chi connectivity index (χ2n) is 9.75. The first kappa shape index (κ1) is 24.1. The van der Waals surface area contributed by atoms with Gasteiger partial charge in [0.2, 0.25) is 0 Å². The Morgan fingerprint density at radius 1 is 1.22 bits per heavy atom. The van der Waals surface area contributed by atoms with E-state index >= 15 is 0 Å². The number of nitrogens with zero attached hydrogens (tertiary/aromatic N) is 5.